The van der Waals surface area contributed by atoms with E-state index >= 15 is 0 Å². The van der Waals surface area contributed by atoms with Crippen molar-refractivity contribution in [2.24, 2.45) is 4.99 Å². The molecule has 0 radical (unpaired) electrons. The Morgan fingerprint density at radius 1 is 1.00 bits per heavy atom. The lowest BCUT2D eigenvalue weighted by atomic mass is 9.92. The van der Waals surface area contributed by atoms with Crippen molar-refractivity contribution in [3.63, 3.8) is 0 Å². The van der Waals surface area contributed by atoms with Gasteiger partial charge in [0.15, 0.2) is 22.9 Å². The third-order valence-corrected chi connectivity index (χ3v) is 9.54. The molecule has 0 unspecified atom stereocenters. The Labute approximate surface area is 294 Å². The van der Waals surface area contributed by atoms with Crippen LogP contribution in [-0.4, -0.2) is 75.1 Å². The van der Waals surface area contributed by atoms with Crippen LogP contribution in [0.25, 0.3) is 11.8 Å². The highest BCUT2D eigenvalue weighted by Gasteiger charge is 2.37. The molecule has 254 valence electrons. The van der Waals surface area contributed by atoms with Crippen LogP contribution in [0.15, 0.2) is 86.6 Å². The molecule has 1 aromatic heterocycles. The Balaban J connectivity index is 1.46. The van der Waals surface area contributed by atoms with Gasteiger partial charge in [0.2, 0.25) is 0 Å². The number of amides is 1. The number of esters is 1. The molecule has 0 bridgehead atoms. The van der Waals surface area contributed by atoms with Gasteiger partial charge in [-0.15, -0.1) is 0 Å². The van der Waals surface area contributed by atoms with Gasteiger partial charge in [0.25, 0.3) is 11.5 Å². The lowest BCUT2D eigenvalue weighted by molar-refractivity contribution is -0.139. The van der Waals surface area contributed by atoms with Crippen LogP contribution in [0.2, 0.25) is 0 Å². The zero-order valence-electron chi connectivity index (χ0n) is 27.1. The molecule has 3 heterocycles. The summed E-state index contributed by atoms with van der Waals surface area (Å²) in [6.45, 7) is 3.79. The average Bonchev–Trinajstić information content (AvgIpc) is 3.44. The van der Waals surface area contributed by atoms with Gasteiger partial charge in [-0.2, -0.15) is 0 Å². The van der Waals surface area contributed by atoms with E-state index in [-0.39, 0.29) is 30.3 Å². The number of methoxy groups -OCH3 is 2. The molecule has 3 aromatic carbocycles. The molecule has 1 amide bonds. The molecule has 11 nitrogen and oxygen atoms in total. The van der Waals surface area contributed by atoms with E-state index in [1.54, 1.807) is 49.3 Å². The number of hydrogen-bond acceptors (Lipinski definition) is 10. The number of nitrogens with zero attached hydrogens (tertiary/aromatic N) is 3. The van der Waals surface area contributed by atoms with Gasteiger partial charge < -0.3 is 28.6 Å². The first-order valence-electron chi connectivity index (χ1n) is 15.6. The molecule has 49 heavy (non-hydrogen) atoms. The number of ether oxygens (including phenoxy) is 5. The summed E-state index contributed by atoms with van der Waals surface area (Å²) in [7, 11) is 3.05. The Bertz CT molecular complexity index is 2090. The first-order chi connectivity index (χ1) is 23.8. The highest BCUT2D eigenvalue weighted by atomic mass is 79.9. The molecule has 0 aliphatic carbocycles. The van der Waals surface area contributed by atoms with Gasteiger partial charge >= 0.3 is 5.97 Å². The number of aromatic nitrogens is 1. The highest BCUT2D eigenvalue weighted by Crippen LogP contribution is 2.40. The molecule has 1 atom stereocenters. The predicted molar refractivity (Wildman–Crippen MR) is 188 cm³/mol. The molecule has 2 aliphatic rings. The second kappa shape index (κ2) is 15.2. The summed E-state index contributed by atoms with van der Waals surface area (Å²) in [6.07, 6.45) is 1.74. The Kier molecular flexibility index (Phi) is 10.6. The largest absolute Gasteiger partial charge is 0.496 e. The maximum atomic E-state index is 14.4. The number of carbonyl (C=O) groups is 2. The van der Waals surface area contributed by atoms with Crippen molar-refractivity contribution in [3.05, 3.63) is 113 Å². The number of carbonyl (C=O) groups excluding carboxylic acids is 2. The van der Waals surface area contributed by atoms with Crippen LogP contribution < -0.4 is 29.1 Å². The Hall–Kier alpha value is -4.72. The van der Waals surface area contributed by atoms with Crippen molar-refractivity contribution in [1.82, 2.24) is 9.47 Å². The summed E-state index contributed by atoms with van der Waals surface area (Å²) in [5.41, 5.74) is 2.24. The highest BCUT2D eigenvalue weighted by molar-refractivity contribution is 9.10. The van der Waals surface area contributed by atoms with Gasteiger partial charge in [-0.1, -0.05) is 63.7 Å². The molecule has 1 saturated heterocycles. The van der Waals surface area contributed by atoms with E-state index in [0.717, 1.165) is 4.47 Å². The normalized spacial score (nSPS) is 16.1. The van der Waals surface area contributed by atoms with E-state index in [0.29, 0.717) is 75.3 Å². The van der Waals surface area contributed by atoms with Crippen molar-refractivity contribution in [3.8, 4) is 17.2 Å². The molecule has 0 N–H and O–H groups in total. The molecular weight excluding hydrogens is 714 g/mol. The van der Waals surface area contributed by atoms with E-state index in [9.17, 15) is 14.4 Å². The number of hydrogen-bond donors (Lipinski definition) is 0. The third-order valence-electron chi connectivity index (χ3n) is 8.06. The van der Waals surface area contributed by atoms with Gasteiger partial charge in [0.05, 0.1) is 49.8 Å². The number of rotatable bonds is 10. The van der Waals surface area contributed by atoms with Crippen LogP contribution in [0.1, 0.15) is 29.7 Å². The summed E-state index contributed by atoms with van der Waals surface area (Å²) in [4.78, 5) is 47.8. The van der Waals surface area contributed by atoms with Crippen LogP contribution in [0.4, 0.5) is 0 Å². The quantitative estimate of drug-likeness (QED) is 0.224. The van der Waals surface area contributed by atoms with Crippen LogP contribution in [0.5, 0.6) is 17.2 Å². The van der Waals surface area contributed by atoms with E-state index in [1.165, 1.54) is 23.0 Å². The zero-order chi connectivity index (χ0) is 34.5. The number of halogens is 1. The molecule has 0 spiro atoms. The third kappa shape index (κ3) is 7.19. The average molecular weight is 749 g/mol. The van der Waals surface area contributed by atoms with Gasteiger partial charge in [0.1, 0.15) is 11.8 Å². The first kappa shape index (κ1) is 34.2. The number of thiazole rings is 1. The molecule has 4 aromatic rings. The second-order valence-corrected chi connectivity index (χ2v) is 12.9. The summed E-state index contributed by atoms with van der Waals surface area (Å²) >= 11 is 4.76. The van der Waals surface area contributed by atoms with Crippen molar-refractivity contribution in [2.45, 2.75) is 13.0 Å². The van der Waals surface area contributed by atoms with Gasteiger partial charge in [-0.25, -0.2) is 9.79 Å². The molecule has 13 heteroatoms. The monoisotopic (exact) mass is 747 g/mol. The SMILES string of the molecule is CCOC(=O)C1=C(c2ccccc2)N=c2s/c(=C\c3ccc(OCC(=O)N4CCOCC4)c(OC)c3)c(=O)n2[C@H]1c1cc(Br)ccc1OC. The minimum absolute atomic E-state index is 0.135. The van der Waals surface area contributed by atoms with E-state index < -0.39 is 12.0 Å². The minimum atomic E-state index is -0.908. The topological polar surface area (TPSA) is 118 Å². The lowest BCUT2D eigenvalue weighted by Crippen LogP contribution is -2.43. The Morgan fingerprint density at radius 2 is 1.73 bits per heavy atom. The maximum Gasteiger partial charge on any atom is 0.338 e. The van der Waals surface area contributed by atoms with Gasteiger partial charge in [0, 0.05) is 28.7 Å². The van der Waals surface area contributed by atoms with Crippen molar-refractivity contribution in [1.29, 1.82) is 0 Å². The standard InChI is InChI=1S/C36H34BrN3O8S/c1-4-47-35(43)31-32(23-8-6-5-7-9-23)38-36-40(33(31)25-20-24(37)11-13-26(25)44-2)34(42)29(49-36)19-22-10-12-27(28(18-22)45-3)48-21-30(41)39-14-16-46-17-15-39/h5-13,18-20,33H,4,14-17,21H2,1-3H3/b29-19-/t33-/m0/s1. The fraction of sp³-hybridized carbons (Fsp3) is 0.278. The second-order valence-electron chi connectivity index (χ2n) is 11.0. The Morgan fingerprint density at radius 3 is 2.45 bits per heavy atom. The van der Waals surface area contributed by atoms with Crippen LogP contribution >= 0.6 is 27.3 Å². The van der Waals surface area contributed by atoms with Crippen LogP contribution in [-0.2, 0) is 19.1 Å². The summed E-state index contributed by atoms with van der Waals surface area (Å²) < 4.78 is 30.7. The summed E-state index contributed by atoms with van der Waals surface area (Å²) in [5, 5.41) is 0. The first-order valence-corrected chi connectivity index (χ1v) is 17.2. The number of fused-ring (bicyclic) bond motifs is 1. The van der Waals surface area contributed by atoms with Gasteiger partial charge in [-0.3, -0.25) is 14.2 Å². The van der Waals surface area contributed by atoms with Crippen LogP contribution in [0, 0.1) is 0 Å². The fourth-order valence-corrected chi connectivity index (χ4v) is 7.12. The minimum Gasteiger partial charge on any atom is -0.496 e. The summed E-state index contributed by atoms with van der Waals surface area (Å²) in [6, 6.07) is 19.1. The fourth-order valence-electron chi connectivity index (χ4n) is 5.74. The number of morpholine rings is 1. The zero-order valence-corrected chi connectivity index (χ0v) is 29.5. The van der Waals surface area contributed by atoms with Gasteiger partial charge in [-0.05, 0) is 48.9 Å². The smallest absolute Gasteiger partial charge is 0.338 e. The lowest BCUT2D eigenvalue weighted by Gasteiger charge is -2.27. The van der Waals surface area contributed by atoms with E-state index in [1.807, 2.05) is 42.5 Å². The molecular formula is C36H34BrN3O8S. The van der Waals surface area contributed by atoms with E-state index in [2.05, 4.69) is 15.9 Å². The van der Waals surface area contributed by atoms with Crippen LogP contribution in [0.3, 0.4) is 0 Å². The van der Waals surface area contributed by atoms with Crippen molar-refractivity contribution >= 4 is 50.9 Å². The summed E-state index contributed by atoms with van der Waals surface area (Å²) in [5.74, 6) is 0.578. The van der Waals surface area contributed by atoms with Crippen molar-refractivity contribution < 1.29 is 33.3 Å². The predicted octanol–water partition coefficient (Wildman–Crippen LogP) is 3.95. The molecule has 6 rings (SSSR count). The molecule has 1 fully saturated rings. The number of benzene rings is 3. The maximum absolute atomic E-state index is 14.4. The molecule has 2 aliphatic heterocycles. The van der Waals surface area contributed by atoms with E-state index in [4.69, 9.17) is 28.7 Å². The molecule has 0 saturated carbocycles. The van der Waals surface area contributed by atoms with Crippen molar-refractivity contribution in [2.75, 3.05) is 53.7 Å².